The van der Waals surface area contributed by atoms with Crippen LogP contribution in [0.15, 0.2) is 35.6 Å². The minimum Gasteiger partial charge on any atom is -0.508 e. The number of aromatic hydroxyl groups is 1. The van der Waals surface area contributed by atoms with Gasteiger partial charge < -0.3 is 24.4 Å². The summed E-state index contributed by atoms with van der Waals surface area (Å²) in [5, 5.41) is 20.6. The fraction of sp³-hybridized carbons (Fsp3) is 0.455. The number of ketones is 1. The lowest BCUT2D eigenvalue weighted by Crippen LogP contribution is -2.57. The molecule has 0 saturated heterocycles. The molecule has 0 saturated carbocycles. The smallest absolute Gasteiger partial charge is 0.343 e. The average Bonchev–Trinajstić information content (AvgIpc) is 2.66. The van der Waals surface area contributed by atoms with Gasteiger partial charge in [-0.2, -0.15) is 0 Å². The van der Waals surface area contributed by atoms with Crippen molar-refractivity contribution in [1.82, 2.24) is 0 Å². The van der Waals surface area contributed by atoms with E-state index in [0.29, 0.717) is 11.1 Å². The standard InChI is InChI=1S/C22H26O7/c1-5-6-15-8-13-9-18(24)22(3,20(25)16(13)11-28-15)29-21(26)19-12(2)7-14(23)10-17(19)27-4/h7-10,16,20,23,25H,5-6,11H2,1-4H3/t16-,20+,22+/m1/s1. The van der Waals surface area contributed by atoms with Gasteiger partial charge >= 0.3 is 5.97 Å². The van der Waals surface area contributed by atoms with Gasteiger partial charge in [0.05, 0.1) is 19.5 Å². The molecule has 1 aliphatic carbocycles. The van der Waals surface area contributed by atoms with E-state index in [9.17, 15) is 19.8 Å². The van der Waals surface area contributed by atoms with Crippen molar-refractivity contribution in [3.8, 4) is 11.5 Å². The first-order valence-corrected chi connectivity index (χ1v) is 9.59. The van der Waals surface area contributed by atoms with Crippen LogP contribution in [0.1, 0.15) is 42.6 Å². The number of benzene rings is 1. The lowest BCUT2D eigenvalue weighted by atomic mass is 9.74. The number of hydrogen-bond donors (Lipinski definition) is 2. The molecule has 0 bridgehead atoms. The Morgan fingerprint density at radius 1 is 1.34 bits per heavy atom. The highest BCUT2D eigenvalue weighted by molar-refractivity contribution is 6.03. The number of fused-ring (bicyclic) bond motifs is 1. The van der Waals surface area contributed by atoms with Crippen LogP contribution >= 0.6 is 0 Å². The van der Waals surface area contributed by atoms with Gasteiger partial charge in [0.1, 0.15) is 23.2 Å². The quantitative estimate of drug-likeness (QED) is 0.730. The maximum atomic E-state index is 12.9. The Hall–Kier alpha value is -2.80. The summed E-state index contributed by atoms with van der Waals surface area (Å²) in [6.45, 7) is 5.26. The Morgan fingerprint density at radius 2 is 2.07 bits per heavy atom. The second kappa shape index (κ2) is 7.91. The number of ether oxygens (including phenoxy) is 3. The van der Waals surface area contributed by atoms with E-state index in [4.69, 9.17) is 14.2 Å². The van der Waals surface area contributed by atoms with Crippen LogP contribution in [0, 0.1) is 12.8 Å². The molecule has 29 heavy (non-hydrogen) atoms. The highest BCUT2D eigenvalue weighted by Gasteiger charge is 2.52. The molecule has 2 N–H and O–H groups in total. The van der Waals surface area contributed by atoms with Crippen molar-refractivity contribution in [2.24, 2.45) is 5.92 Å². The SMILES string of the molecule is CCCC1=CC2=CC(=O)[C@](C)(OC(=O)c3c(C)cc(O)cc3OC)[C@@H](O)[C@@H]2CO1. The molecule has 0 spiro atoms. The van der Waals surface area contributed by atoms with E-state index in [1.807, 2.05) is 6.92 Å². The van der Waals surface area contributed by atoms with Crippen molar-refractivity contribution >= 4 is 11.8 Å². The van der Waals surface area contributed by atoms with E-state index < -0.39 is 29.4 Å². The first-order chi connectivity index (χ1) is 13.7. The van der Waals surface area contributed by atoms with Gasteiger partial charge in [-0.25, -0.2) is 4.79 Å². The van der Waals surface area contributed by atoms with E-state index in [1.165, 1.54) is 32.2 Å². The summed E-state index contributed by atoms with van der Waals surface area (Å²) >= 11 is 0. The molecule has 156 valence electrons. The molecule has 1 aliphatic heterocycles. The second-order valence-corrected chi connectivity index (χ2v) is 7.57. The molecule has 7 nitrogen and oxygen atoms in total. The molecular weight excluding hydrogens is 376 g/mol. The molecule has 3 atom stereocenters. The van der Waals surface area contributed by atoms with Crippen molar-refractivity contribution in [2.45, 2.75) is 45.3 Å². The number of methoxy groups -OCH3 is 1. The largest absolute Gasteiger partial charge is 0.508 e. The van der Waals surface area contributed by atoms with Crippen molar-refractivity contribution in [2.75, 3.05) is 13.7 Å². The van der Waals surface area contributed by atoms with Gasteiger partial charge in [-0.3, -0.25) is 4.79 Å². The zero-order chi connectivity index (χ0) is 21.3. The third-order valence-electron chi connectivity index (χ3n) is 5.45. The molecule has 0 unspecified atom stereocenters. The molecule has 0 amide bonds. The predicted molar refractivity (Wildman–Crippen MR) is 105 cm³/mol. The Labute approximate surface area is 169 Å². The van der Waals surface area contributed by atoms with E-state index in [1.54, 1.807) is 13.0 Å². The van der Waals surface area contributed by atoms with E-state index in [0.717, 1.165) is 18.6 Å². The van der Waals surface area contributed by atoms with Gasteiger partial charge in [0, 0.05) is 18.4 Å². The minimum atomic E-state index is -1.76. The molecule has 3 rings (SSSR count). The van der Waals surface area contributed by atoms with Crippen molar-refractivity contribution in [1.29, 1.82) is 0 Å². The number of aliphatic hydroxyl groups excluding tert-OH is 1. The zero-order valence-corrected chi connectivity index (χ0v) is 17.0. The highest BCUT2D eigenvalue weighted by atomic mass is 16.6. The third kappa shape index (κ3) is 3.74. The number of hydrogen-bond acceptors (Lipinski definition) is 7. The maximum absolute atomic E-state index is 12.9. The van der Waals surface area contributed by atoms with Gasteiger partial charge in [-0.15, -0.1) is 0 Å². The number of phenols is 1. The average molecular weight is 402 g/mol. The number of carbonyl (C=O) groups is 2. The van der Waals surface area contributed by atoms with Crippen molar-refractivity contribution in [3.05, 3.63) is 46.7 Å². The normalized spacial score (nSPS) is 26.0. The molecule has 1 aromatic rings. The van der Waals surface area contributed by atoms with Crippen LogP contribution in [-0.4, -0.2) is 47.4 Å². The lowest BCUT2D eigenvalue weighted by Gasteiger charge is -2.41. The summed E-state index contributed by atoms with van der Waals surface area (Å²) < 4.78 is 16.4. The molecule has 0 radical (unpaired) electrons. The zero-order valence-electron chi connectivity index (χ0n) is 17.0. The first kappa shape index (κ1) is 20.9. The van der Waals surface area contributed by atoms with Gasteiger partial charge in [0.15, 0.2) is 5.60 Å². The summed E-state index contributed by atoms with van der Waals surface area (Å²) in [5.41, 5.74) is -0.562. The van der Waals surface area contributed by atoms with E-state index >= 15 is 0 Å². The number of esters is 1. The van der Waals surface area contributed by atoms with Gasteiger partial charge in [-0.1, -0.05) is 6.92 Å². The molecular formula is C22H26O7. The fourth-order valence-electron chi connectivity index (χ4n) is 3.78. The molecule has 2 aliphatic rings. The second-order valence-electron chi connectivity index (χ2n) is 7.57. The summed E-state index contributed by atoms with van der Waals surface area (Å²) in [5.74, 6) is -0.941. The van der Waals surface area contributed by atoms with E-state index in [2.05, 4.69) is 0 Å². The molecule has 0 aromatic heterocycles. The van der Waals surface area contributed by atoms with E-state index in [-0.39, 0.29) is 23.7 Å². The number of aliphatic hydroxyl groups is 1. The predicted octanol–water partition coefficient (Wildman–Crippen LogP) is 2.83. The molecule has 0 fully saturated rings. The number of allylic oxidation sites excluding steroid dienone is 2. The number of phenolic OH excluding ortho intramolecular Hbond substituents is 1. The van der Waals surface area contributed by atoms with Crippen molar-refractivity contribution < 1.29 is 34.0 Å². The van der Waals surface area contributed by atoms with Gasteiger partial charge in [0.25, 0.3) is 0 Å². The van der Waals surface area contributed by atoms with Crippen LogP contribution in [0.3, 0.4) is 0 Å². The summed E-state index contributed by atoms with van der Waals surface area (Å²) in [4.78, 5) is 25.8. The van der Waals surface area contributed by atoms with Gasteiger partial charge in [-0.05, 0) is 49.6 Å². The monoisotopic (exact) mass is 402 g/mol. The Bertz CT molecular complexity index is 899. The Morgan fingerprint density at radius 3 is 2.72 bits per heavy atom. The van der Waals surface area contributed by atoms with Crippen LogP contribution in [0.4, 0.5) is 0 Å². The summed E-state index contributed by atoms with van der Waals surface area (Å²) in [7, 11) is 1.36. The molecule has 1 aromatic carbocycles. The van der Waals surface area contributed by atoms with Crippen LogP contribution in [0.2, 0.25) is 0 Å². The first-order valence-electron chi connectivity index (χ1n) is 9.59. The number of carbonyl (C=O) groups excluding carboxylic acids is 2. The van der Waals surface area contributed by atoms with Crippen LogP contribution < -0.4 is 4.74 Å². The highest BCUT2D eigenvalue weighted by Crippen LogP contribution is 2.39. The maximum Gasteiger partial charge on any atom is 0.343 e. The third-order valence-corrected chi connectivity index (χ3v) is 5.45. The Kier molecular flexibility index (Phi) is 5.71. The van der Waals surface area contributed by atoms with Gasteiger partial charge in [0.2, 0.25) is 5.78 Å². The Balaban J connectivity index is 1.92. The molecule has 7 heteroatoms. The summed E-state index contributed by atoms with van der Waals surface area (Å²) in [6.07, 6.45) is 3.60. The molecule has 1 heterocycles. The number of aryl methyl sites for hydroxylation is 1. The topological polar surface area (TPSA) is 102 Å². The van der Waals surface area contributed by atoms with Crippen LogP contribution in [0.5, 0.6) is 11.5 Å². The van der Waals surface area contributed by atoms with Crippen molar-refractivity contribution in [3.63, 3.8) is 0 Å². The fourth-order valence-corrected chi connectivity index (χ4v) is 3.78. The van der Waals surface area contributed by atoms with Crippen LogP contribution in [0.25, 0.3) is 0 Å². The lowest BCUT2D eigenvalue weighted by molar-refractivity contribution is -0.152. The minimum absolute atomic E-state index is 0.0579. The summed E-state index contributed by atoms with van der Waals surface area (Å²) in [6, 6.07) is 2.69. The van der Waals surface area contributed by atoms with Crippen LogP contribution in [-0.2, 0) is 14.3 Å². The number of rotatable bonds is 5.